The summed E-state index contributed by atoms with van der Waals surface area (Å²) in [6, 6.07) is 9.16. The normalized spacial score (nSPS) is 15.6. The summed E-state index contributed by atoms with van der Waals surface area (Å²) in [4.78, 5) is 25.0. The first-order chi connectivity index (χ1) is 13.8. The lowest BCUT2D eigenvalue weighted by Gasteiger charge is -2.24. The molecule has 9 heteroatoms. The van der Waals surface area contributed by atoms with Crippen LogP contribution in [0.5, 0.6) is 0 Å². The number of aromatic nitrogens is 2. The minimum atomic E-state index is -1.08. The number of benzene rings is 2. The third kappa shape index (κ3) is 3.58. The van der Waals surface area contributed by atoms with Crippen LogP contribution in [0.2, 0.25) is 5.02 Å². The Morgan fingerprint density at radius 2 is 2.03 bits per heavy atom. The number of fused-ring (bicyclic) bond motifs is 1. The van der Waals surface area contributed by atoms with Crippen molar-refractivity contribution in [3.05, 3.63) is 64.7 Å². The van der Waals surface area contributed by atoms with Crippen LogP contribution in [0.3, 0.4) is 0 Å². The summed E-state index contributed by atoms with van der Waals surface area (Å²) in [7, 11) is 0. The fourth-order valence-electron chi connectivity index (χ4n) is 3.25. The number of nitrogens with zero attached hydrogens (tertiary/aromatic N) is 2. The number of amides is 2. The van der Waals surface area contributed by atoms with E-state index in [4.69, 9.17) is 11.6 Å². The van der Waals surface area contributed by atoms with Crippen LogP contribution in [0.15, 0.2) is 42.5 Å². The van der Waals surface area contributed by atoms with Gasteiger partial charge in [0, 0.05) is 27.9 Å². The van der Waals surface area contributed by atoms with Crippen LogP contribution < -0.4 is 10.6 Å². The van der Waals surface area contributed by atoms with Gasteiger partial charge in [-0.05, 0) is 31.2 Å². The molecule has 0 saturated heterocycles. The second-order valence-corrected chi connectivity index (χ2v) is 7.10. The molecule has 1 aliphatic rings. The molecule has 1 atom stereocenters. The first kappa shape index (κ1) is 19.1. The smallest absolute Gasteiger partial charge is 0.249 e. The van der Waals surface area contributed by atoms with Crippen LogP contribution in [-0.2, 0) is 9.59 Å². The summed E-state index contributed by atoms with van der Waals surface area (Å²) in [5.74, 6) is -2.60. The van der Waals surface area contributed by atoms with Crippen molar-refractivity contribution in [1.29, 1.82) is 0 Å². The third-order valence-electron chi connectivity index (χ3n) is 4.67. The van der Waals surface area contributed by atoms with Crippen LogP contribution >= 0.6 is 11.6 Å². The van der Waals surface area contributed by atoms with Gasteiger partial charge in [0.05, 0.1) is 12.1 Å². The van der Waals surface area contributed by atoms with Gasteiger partial charge in [0.2, 0.25) is 11.8 Å². The molecule has 6 nitrogen and oxygen atoms in total. The van der Waals surface area contributed by atoms with Gasteiger partial charge in [0.15, 0.2) is 11.6 Å². The molecule has 0 bridgehead atoms. The van der Waals surface area contributed by atoms with E-state index in [9.17, 15) is 18.4 Å². The average Bonchev–Trinajstić information content (AvgIpc) is 3.01. The molecule has 0 spiro atoms. The van der Waals surface area contributed by atoms with Crippen molar-refractivity contribution in [3.8, 4) is 11.3 Å². The van der Waals surface area contributed by atoms with E-state index < -0.39 is 23.6 Å². The van der Waals surface area contributed by atoms with Crippen LogP contribution in [-0.4, -0.2) is 21.6 Å². The van der Waals surface area contributed by atoms with Gasteiger partial charge in [-0.2, -0.15) is 5.10 Å². The van der Waals surface area contributed by atoms with E-state index in [1.807, 2.05) is 6.07 Å². The Morgan fingerprint density at radius 3 is 2.76 bits per heavy atom. The van der Waals surface area contributed by atoms with Gasteiger partial charge in [-0.25, -0.2) is 13.5 Å². The van der Waals surface area contributed by atoms with Gasteiger partial charge < -0.3 is 10.6 Å². The third-order valence-corrected chi connectivity index (χ3v) is 4.90. The summed E-state index contributed by atoms with van der Waals surface area (Å²) < 4.78 is 28.0. The lowest BCUT2D eigenvalue weighted by atomic mass is 10.1. The zero-order valence-corrected chi connectivity index (χ0v) is 15.9. The Balaban J connectivity index is 1.70. The highest BCUT2D eigenvalue weighted by Crippen LogP contribution is 2.35. The lowest BCUT2D eigenvalue weighted by Crippen LogP contribution is -2.36. The maximum atomic E-state index is 13.4. The number of rotatable bonds is 3. The number of hydrogen-bond donors (Lipinski definition) is 2. The van der Waals surface area contributed by atoms with Gasteiger partial charge in [0.25, 0.3) is 0 Å². The number of anilines is 2. The van der Waals surface area contributed by atoms with E-state index in [0.717, 1.165) is 17.7 Å². The Labute approximate surface area is 169 Å². The topological polar surface area (TPSA) is 76.0 Å². The minimum absolute atomic E-state index is 0.0837. The quantitative estimate of drug-likeness (QED) is 0.668. The van der Waals surface area contributed by atoms with E-state index in [-0.39, 0.29) is 18.0 Å². The van der Waals surface area contributed by atoms with Crippen molar-refractivity contribution in [2.75, 3.05) is 10.6 Å². The Morgan fingerprint density at radius 1 is 1.24 bits per heavy atom. The number of carbonyl (C=O) groups is 2. The van der Waals surface area contributed by atoms with Crippen molar-refractivity contribution in [2.45, 2.75) is 19.4 Å². The highest BCUT2D eigenvalue weighted by atomic mass is 35.5. The number of nitrogens with one attached hydrogen (secondary N) is 2. The van der Waals surface area contributed by atoms with Gasteiger partial charge in [-0.1, -0.05) is 23.7 Å². The van der Waals surface area contributed by atoms with E-state index in [2.05, 4.69) is 15.7 Å². The average molecular weight is 417 g/mol. The van der Waals surface area contributed by atoms with Crippen molar-refractivity contribution < 1.29 is 18.4 Å². The first-order valence-corrected chi connectivity index (χ1v) is 9.12. The van der Waals surface area contributed by atoms with E-state index in [0.29, 0.717) is 22.1 Å². The standard InChI is InChI=1S/C20H15ClF2N4O2/c1-10-18(11-3-2-4-12(21)7-11)26-27-16(9-17(28)25-19(10)27)20(29)24-13-5-6-14(22)15(23)8-13/h2-8,16H,9H2,1H3,(H,24,29)(H,25,28)/t16-/m0/s1. The highest BCUT2D eigenvalue weighted by Gasteiger charge is 2.34. The van der Waals surface area contributed by atoms with E-state index in [1.54, 1.807) is 25.1 Å². The summed E-state index contributed by atoms with van der Waals surface area (Å²) in [5, 5.41) is 10.3. The maximum Gasteiger partial charge on any atom is 0.249 e. The number of halogens is 3. The van der Waals surface area contributed by atoms with Crippen molar-refractivity contribution in [3.63, 3.8) is 0 Å². The predicted octanol–water partition coefficient (Wildman–Crippen LogP) is 4.31. The SMILES string of the molecule is Cc1c(-c2cccc(Cl)c2)nn2c1NC(=O)C[C@H]2C(=O)Nc1ccc(F)c(F)c1. The Bertz CT molecular complexity index is 1150. The fraction of sp³-hybridized carbons (Fsp3) is 0.150. The Hall–Kier alpha value is -3.26. The molecule has 4 rings (SSSR count). The molecular formula is C20H15ClF2N4O2. The van der Waals surface area contributed by atoms with Crippen molar-refractivity contribution in [2.24, 2.45) is 0 Å². The molecule has 1 aliphatic heterocycles. The highest BCUT2D eigenvalue weighted by molar-refractivity contribution is 6.30. The lowest BCUT2D eigenvalue weighted by molar-refractivity contribution is -0.125. The van der Waals surface area contributed by atoms with Crippen LogP contribution in [0, 0.1) is 18.6 Å². The van der Waals surface area contributed by atoms with Crippen LogP contribution in [0.25, 0.3) is 11.3 Å². The van der Waals surface area contributed by atoms with Gasteiger partial charge in [-0.15, -0.1) is 0 Å². The second-order valence-electron chi connectivity index (χ2n) is 6.66. The molecule has 2 aromatic carbocycles. The van der Waals surface area contributed by atoms with E-state index >= 15 is 0 Å². The molecule has 0 fully saturated rings. The van der Waals surface area contributed by atoms with Crippen molar-refractivity contribution in [1.82, 2.24) is 9.78 Å². The van der Waals surface area contributed by atoms with Crippen LogP contribution in [0.4, 0.5) is 20.3 Å². The summed E-state index contributed by atoms with van der Waals surface area (Å²) in [5.41, 5.74) is 2.09. The first-order valence-electron chi connectivity index (χ1n) is 8.74. The molecule has 29 heavy (non-hydrogen) atoms. The fourth-order valence-corrected chi connectivity index (χ4v) is 3.44. The summed E-state index contributed by atoms with van der Waals surface area (Å²) >= 11 is 6.06. The molecule has 0 saturated carbocycles. The summed E-state index contributed by atoms with van der Waals surface area (Å²) in [6.07, 6.45) is -0.140. The molecule has 148 valence electrons. The molecule has 0 radical (unpaired) electrons. The van der Waals surface area contributed by atoms with Crippen LogP contribution in [0.1, 0.15) is 18.0 Å². The zero-order valence-electron chi connectivity index (χ0n) is 15.2. The maximum absolute atomic E-state index is 13.4. The second kappa shape index (κ2) is 7.29. The molecule has 2 amide bonds. The van der Waals surface area contributed by atoms with Gasteiger partial charge in [-0.3, -0.25) is 9.59 Å². The van der Waals surface area contributed by atoms with Crippen molar-refractivity contribution >= 4 is 34.9 Å². The number of carbonyl (C=O) groups excluding carboxylic acids is 2. The predicted molar refractivity (Wildman–Crippen MR) is 105 cm³/mol. The minimum Gasteiger partial charge on any atom is -0.324 e. The van der Waals surface area contributed by atoms with Gasteiger partial charge in [0.1, 0.15) is 11.9 Å². The molecular weight excluding hydrogens is 402 g/mol. The molecule has 3 aromatic rings. The monoisotopic (exact) mass is 416 g/mol. The Kier molecular flexibility index (Phi) is 4.79. The largest absolute Gasteiger partial charge is 0.324 e. The molecule has 2 N–H and O–H groups in total. The van der Waals surface area contributed by atoms with E-state index in [1.165, 1.54) is 10.7 Å². The van der Waals surface area contributed by atoms with Gasteiger partial charge >= 0.3 is 0 Å². The number of hydrogen-bond acceptors (Lipinski definition) is 3. The molecule has 1 aromatic heterocycles. The zero-order chi connectivity index (χ0) is 20.7. The molecule has 2 heterocycles. The molecule has 0 aliphatic carbocycles. The summed E-state index contributed by atoms with van der Waals surface area (Å²) in [6.45, 7) is 1.78. The molecule has 0 unspecified atom stereocenters.